The summed E-state index contributed by atoms with van der Waals surface area (Å²) >= 11 is 0. The maximum atomic E-state index is 6.51. The molecule has 0 bridgehead atoms. The molecular weight excluding hydrogens is 238 g/mol. The van der Waals surface area contributed by atoms with Gasteiger partial charge in [0.15, 0.2) is 0 Å². The molecule has 1 aliphatic carbocycles. The predicted molar refractivity (Wildman–Crippen MR) is 77.8 cm³/mol. The molecular formula is C15H25N3O. The van der Waals surface area contributed by atoms with E-state index in [0.29, 0.717) is 5.82 Å². The van der Waals surface area contributed by atoms with Gasteiger partial charge in [-0.05, 0) is 31.4 Å². The molecule has 0 saturated heterocycles. The lowest BCUT2D eigenvalue weighted by Crippen LogP contribution is -2.43. The summed E-state index contributed by atoms with van der Waals surface area (Å²) in [6.07, 6.45) is 8.63. The van der Waals surface area contributed by atoms with Crippen molar-refractivity contribution in [2.24, 2.45) is 5.73 Å². The Labute approximate surface area is 115 Å². The minimum absolute atomic E-state index is 0.206. The van der Waals surface area contributed by atoms with E-state index in [1.165, 1.54) is 25.7 Å². The smallest absolute Gasteiger partial charge is 0.128 e. The van der Waals surface area contributed by atoms with Crippen molar-refractivity contribution in [2.45, 2.75) is 57.1 Å². The molecule has 0 radical (unpaired) electrons. The largest absolute Gasteiger partial charge is 0.383 e. The van der Waals surface area contributed by atoms with E-state index in [4.69, 9.17) is 16.2 Å². The Morgan fingerprint density at radius 1 is 1.26 bits per heavy atom. The Kier molecular flexibility index (Phi) is 4.42. The van der Waals surface area contributed by atoms with E-state index < -0.39 is 0 Å². The molecule has 1 heterocycles. The number of pyridine rings is 1. The van der Waals surface area contributed by atoms with E-state index in [2.05, 4.69) is 4.98 Å². The van der Waals surface area contributed by atoms with Crippen molar-refractivity contribution in [1.29, 1.82) is 0 Å². The summed E-state index contributed by atoms with van der Waals surface area (Å²) in [7, 11) is 1.77. The molecule has 4 N–H and O–H groups in total. The molecule has 4 heteroatoms. The Bertz CT molecular complexity index is 425. The van der Waals surface area contributed by atoms with Crippen LogP contribution in [0.5, 0.6) is 0 Å². The van der Waals surface area contributed by atoms with Crippen LogP contribution in [0.1, 0.15) is 55.7 Å². The lowest BCUT2D eigenvalue weighted by atomic mass is 9.82. The molecule has 1 unspecified atom stereocenters. The van der Waals surface area contributed by atoms with Gasteiger partial charge in [0.05, 0.1) is 11.6 Å². The number of methoxy groups -OCH3 is 1. The monoisotopic (exact) mass is 263 g/mol. The highest BCUT2D eigenvalue weighted by molar-refractivity contribution is 5.44. The quantitative estimate of drug-likeness (QED) is 0.822. The molecule has 1 fully saturated rings. The Morgan fingerprint density at radius 2 is 1.89 bits per heavy atom. The van der Waals surface area contributed by atoms with E-state index in [1.807, 2.05) is 13.0 Å². The number of nitrogens with two attached hydrogens (primary N) is 2. The number of anilines is 1. The van der Waals surface area contributed by atoms with E-state index in [9.17, 15) is 0 Å². The lowest BCUT2D eigenvalue weighted by molar-refractivity contribution is -0.0441. The van der Waals surface area contributed by atoms with Gasteiger partial charge in [-0.25, -0.2) is 4.98 Å². The SMILES string of the molecule is COC1(C(N)c2cc(C)cnc2N)CCCCCC1. The molecule has 1 saturated carbocycles. The zero-order chi connectivity index (χ0) is 13.9. The summed E-state index contributed by atoms with van der Waals surface area (Å²) in [4.78, 5) is 4.23. The zero-order valence-electron chi connectivity index (χ0n) is 12.0. The maximum absolute atomic E-state index is 6.51. The predicted octanol–water partition coefficient (Wildman–Crippen LogP) is 2.71. The third-order valence-corrected chi connectivity index (χ3v) is 4.34. The zero-order valence-corrected chi connectivity index (χ0v) is 12.0. The first-order valence-corrected chi connectivity index (χ1v) is 7.12. The minimum Gasteiger partial charge on any atom is -0.383 e. The van der Waals surface area contributed by atoms with Crippen molar-refractivity contribution in [3.63, 3.8) is 0 Å². The second-order valence-corrected chi connectivity index (χ2v) is 5.65. The van der Waals surface area contributed by atoms with Crippen LogP contribution in [0.4, 0.5) is 5.82 Å². The van der Waals surface area contributed by atoms with Gasteiger partial charge < -0.3 is 16.2 Å². The normalized spacial score (nSPS) is 20.8. The molecule has 1 atom stereocenters. The van der Waals surface area contributed by atoms with E-state index in [1.54, 1.807) is 13.3 Å². The van der Waals surface area contributed by atoms with Crippen molar-refractivity contribution >= 4 is 5.82 Å². The highest BCUT2D eigenvalue weighted by Gasteiger charge is 2.39. The van der Waals surface area contributed by atoms with Crippen LogP contribution >= 0.6 is 0 Å². The van der Waals surface area contributed by atoms with Gasteiger partial charge in [-0.15, -0.1) is 0 Å². The Balaban J connectivity index is 2.33. The molecule has 1 aromatic rings. The topological polar surface area (TPSA) is 74.2 Å². The van der Waals surface area contributed by atoms with Crippen LogP contribution < -0.4 is 11.5 Å². The summed E-state index contributed by atoms with van der Waals surface area (Å²) in [5.41, 5.74) is 14.2. The van der Waals surface area contributed by atoms with E-state index >= 15 is 0 Å². The number of nitrogen functional groups attached to an aromatic ring is 1. The van der Waals surface area contributed by atoms with Gasteiger partial charge in [0.2, 0.25) is 0 Å². The van der Waals surface area contributed by atoms with Gasteiger partial charge >= 0.3 is 0 Å². The third-order valence-electron chi connectivity index (χ3n) is 4.34. The standard InChI is InChI=1S/C15H25N3O/c1-11-9-12(14(17)18-10-11)13(16)15(19-2)7-5-3-4-6-8-15/h9-10,13H,3-8,16H2,1-2H3,(H2,17,18). The first kappa shape index (κ1) is 14.3. The highest BCUT2D eigenvalue weighted by Crippen LogP contribution is 2.40. The average Bonchev–Trinajstić information content (AvgIpc) is 2.67. The van der Waals surface area contributed by atoms with Crippen molar-refractivity contribution in [2.75, 3.05) is 12.8 Å². The van der Waals surface area contributed by atoms with Crippen LogP contribution in [0.3, 0.4) is 0 Å². The number of aryl methyl sites for hydroxylation is 1. The molecule has 2 rings (SSSR count). The number of hydrogen-bond donors (Lipinski definition) is 2. The van der Waals surface area contributed by atoms with Crippen molar-refractivity contribution in [1.82, 2.24) is 4.98 Å². The van der Waals surface area contributed by atoms with Gasteiger partial charge in [-0.2, -0.15) is 0 Å². The number of hydrogen-bond acceptors (Lipinski definition) is 4. The molecule has 0 amide bonds. The van der Waals surface area contributed by atoms with E-state index in [0.717, 1.165) is 24.0 Å². The summed E-state index contributed by atoms with van der Waals surface area (Å²) in [5.74, 6) is 0.527. The van der Waals surface area contributed by atoms with Gasteiger partial charge in [-0.3, -0.25) is 0 Å². The van der Waals surface area contributed by atoms with Crippen molar-refractivity contribution < 1.29 is 4.74 Å². The summed E-state index contributed by atoms with van der Waals surface area (Å²) in [6.45, 7) is 2.01. The molecule has 0 aromatic carbocycles. The summed E-state index contributed by atoms with van der Waals surface area (Å²) in [5, 5.41) is 0. The fourth-order valence-corrected chi connectivity index (χ4v) is 3.10. The number of ether oxygens (including phenoxy) is 1. The number of aromatic nitrogens is 1. The van der Waals surface area contributed by atoms with Gasteiger partial charge in [0, 0.05) is 18.9 Å². The van der Waals surface area contributed by atoms with Crippen LogP contribution in [0.25, 0.3) is 0 Å². The second kappa shape index (κ2) is 5.88. The molecule has 1 aliphatic rings. The molecule has 4 nitrogen and oxygen atoms in total. The molecule has 1 aromatic heterocycles. The molecule has 19 heavy (non-hydrogen) atoms. The van der Waals surface area contributed by atoms with Gasteiger partial charge in [-0.1, -0.05) is 25.7 Å². The third kappa shape index (κ3) is 2.90. The second-order valence-electron chi connectivity index (χ2n) is 5.65. The first-order valence-electron chi connectivity index (χ1n) is 7.12. The average molecular weight is 263 g/mol. The number of nitrogens with zero attached hydrogens (tertiary/aromatic N) is 1. The van der Waals surface area contributed by atoms with Gasteiger partial charge in [0.1, 0.15) is 5.82 Å². The summed E-state index contributed by atoms with van der Waals surface area (Å²) in [6, 6.07) is 1.83. The lowest BCUT2D eigenvalue weighted by Gasteiger charge is -2.37. The fourth-order valence-electron chi connectivity index (χ4n) is 3.10. The van der Waals surface area contributed by atoms with Crippen LogP contribution in [0.2, 0.25) is 0 Å². The van der Waals surface area contributed by atoms with Gasteiger partial charge in [0.25, 0.3) is 0 Å². The maximum Gasteiger partial charge on any atom is 0.128 e. The Morgan fingerprint density at radius 3 is 2.47 bits per heavy atom. The highest BCUT2D eigenvalue weighted by atomic mass is 16.5. The minimum atomic E-state index is -0.292. The van der Waals surface area contributed by atoms with Crippen LogP contribution in [0.15, 0.2) is 12.3 Å². The first-order chi connectivity index (χ1) is 9.09. The Hall–Kier alpha value is -1.13. The van der Waals surface area contributed by atoms with Crippen LogP contribution in [-0.2, 0) is 4.74 Å². The number of rotatable bonds is 3. The van der Waals surface area contributed by atoms with E-state index in [-0.39, 0.29) is 11.6 Å². The fraction of sp³-hybridized carbons (Fsp3) is 0.667. The van der Waals surface area contributed by atoms with Crippen molar-refractivity contribution in [3.8, 4) is 0 Å². The van der Waals surface area contributed by atoms with Crippen LogP contribution in [-0.4, -0.2) is 17.7 Å². The van der Waals surface area contributed by atoms with Crippen LogP contribution in [0, 0.1) is 6.92 Å². The molecule has 0 spiro atoms. The van der Waals surface area contributed by atoms with Crippen molar-refractivity contribution in [3.05, 3.63) is 23.4 Å². The summed E-state index contributed by atoms with van der Waals surface area (Å²) < 4.78 is 5.86. The molecule has 0 aliphatic heterocycles. The molecule has 106 valence electrons.